The number of carbonyl (C=O) groups is 6. The third-order valence-corrected chi connectivity index (χ3v) is 26.3. The number of allylic oxidation sites excluding steroid dienone is 2. The molecule has 736 valence electrons. The summed E-state index contributed by atoms with van der Waals surface area (Å²) in [5, 5.41) is 25.4. The number of alkyl halides is 6. The lowest BCUT2D eigenvalue weighted by molar-refractivity contribution is -0.671. The number of ketones is 2. The van der Waals surface area contributed by atoms with Gasteiger partial charge in [0.25, 0.3) is 0 Å². The first-order valence-corrected chi connectivity index (χ1v) is 49.0. The maximum atomic E-state index is 12.5. The van der Waals surface area contributed by atoms with Crippen LogP contribution < -0.4 is 81.8 Å². The average Bonchev–Trinajstić information content (AvgIpc) is 0.973. The van der Waals surface area contributed by atoms with Gasteiger partial charge < -0.3 is 68.6 Å². The number of amides is 3. The molecule has 2 aliphatic heterocycles. The molecule has 0 saturated carbocycles. The Labute approximate surface area is 821 Å². The number of unbranched alkanes of at least 4 members (excludes halogenated alkanes) is 12. The van der Waals surface area contributed by atoms with Crippen LogP contribution in [0.4, 0.5) is 60.5 Å². The lowest BCUT2D eigenvalue weighted by atomic mass is 10.0. The lowest BCUT2D eigenvalue weighted by Crippen LogP contribution is -3.00. The molecule has 30 heteroatoms. The molecular weight excluding hydrogens is 1820 g/mol. The standard InChI is InChI=1S/C44H58N6O2.C28H41N5O.C24H24N2O2S.C8H8NS.C4F6O2.ClH/c1-34-25-30-49(40-18-12-11-17-39(34)40)28-15-6-9-19-43(51)45-26-13-8-14-27-46-44(52)20-10-7-16-29-50-41-32-37(47(2)3)23-21-35(41)31-36-22-24-38(48(4)5)33-42(36)50;1-31(2)24-14-12-22-19-23-13-15-25(32(3)4)21-27(23)33(26(22)20-24)18-10-5-7-11-28(34)30-17-9-6-8-16-29;1-25-21-11-6-7-12-22(21)29-23(25)17-18-14-16-26(15-8-2-3-13-24(27)28)20-10-5-4-9-19(18)20;1-9-6-10-8-5-3-2-4-7(8)9;5-3(6,7)1(11)2(12)4(8,9)10;/h11-12,17-18,21-25,30-33H,1,6-10,13-16,19-20,26-29H2,2-5H3,(H-,45,46,51,52);12-15,19-21H,5-11,16-18,29H2,1-4H3;4-7,9-12,14,16-17H,2-3,8,13,15H2,1H3;2-6H,1H3;;1H/q;;;+1;;/p+2. The fourth-order valence-electron chi connectivity index (χ4n) is 16.4. The summed E-state index contributed by atoms with van der Waals surface area (Å²) in [7, 11) is 20.8. The van der Waals surface area contributed by atoms with Crippen LogP contribution >= 0.6 is 23.1 Å². The second-order valence-electron chi connectivity index (χ2n) is 35.3. The number of halogens is 7. The van der Waals surface area contributed by atoms with Gasteiger partial charge in [0.05, 0.1) is 16.1 Å². The number of anilines is 6. The van der Waals surface area contributed by atoms with Gasteiger partial charge in [0.2, 0.25) is 56.3 Å². The van der Waals surface area contributed by atoms with Crippen molar-refractivity contribution >= 4 is 169 Å². The molecule has 6 N–H and O–H groups in total. The number of hydrogen-bond donors (Lipinski definition) is 5. The topological polar surface area (TPSA) is 220 Å². The number of nitrogens with two attached hydrogens (primary N) is 1. The van der Waals surface area contributed by atoms with Gasteiger partial charge in [-0.2, -0.15) is 44.6 Å². The Balaban J connectivity index is 0.000000214. The van der Waals surface area contributed by atoms with E-state index in [-0.39, 0.29) is 36.5 Å². The number of pyridine rings is 3. The number of thiazole rings is 1. The van der Waals surface area contributed by atoms with E-state index >= 15 is 0 Å². The number of rotatable bonds is 41. The van der Waals surface area contributed by atoms with Gasteiger partial charge in [0.1, 0.15) is 31.4 Å². The highest BCUT2D eigenvalue weighted by molar-refractivity contribution is 8.03. The van der Waals surface area contributed by atoms with Crippen molar-refractivity contribution in [3.63, 3.8) is 0 Å². The molecule has 12 aromatic rings. The van der Waals surface area contributed by atoms with E-state index in [1.54, 1.807) is 23.1 Å². The molecule has 14 rings (SSSR count). The smallest absolute Gasteiger partial charge is 0.458 e. The van der Waals surface area contributed by atoms with Crippen LogP contribution in [0.3, 0.4) is 0 Å². The van der Waals surface area contributed by atoms with Gasteiger partial charge in [0, 0.05) is 244 Å². The minimum atomic E-state index is -5.77. The molecular formula is C108H134ClF6N14O7S2+3. The van der Waals surface area contributed by atoms with Crippen molar-refractivity contribution in [1.29, 1.82) is 0 Å². The first-order chi connectivity index (χ1) is 65.7. The van der Waals surface area contributed by atoms with E-state index in [2.05, 4.69) is 359 Å². The highest BCUT2D eigenvalue weighted by Gasteiger charge is 2.54. The Morgan fingerprint density at radius 2 is 0.877 bits per heavy atom. The maximum absolute atomic E-state index is 12.5. The molecule has 0 saturated heterocycles. The van der Waals surface area contributed by atoms with E-state index in [0.717, 1.165) is 160 Å². The molecule has 0 aliphatic carbocycles. The molecule has 0 bridgehead atoms. The van der Waals surface area contributed by atoms with Crippen LogP contribution in [0.5, 0.6) is 0 Å². The predicted molar refractivity (Wildman–Crippen MR) is 548 cm³/mol. The Hall–Kier alpha value is -12.2. The Morgan fingerprint density at radius 3 is 1.33 bits per heavy atom. The Kier molecular flexibility index (Phi) is 43.0. The summed E-state index contributed by atoms with van der Waals surface area (Å²) in [6.07, 6.45) is 16.5. The number of carboxylic acids is 1. The van der Waals surface area contributed by atoms with E-state index in [0.29, 0.717) is 32.4 Å². The van der Waals surface area contributed by atoms with Crippen LogP contribution in [0.25, 0.3) is 76.4 Å². The van der Waals surface area contributed by atoms with Crippen LogP contribution in [-0.4, -0.2) is 149 Å². The number of nitrogens with one attached hydrogen (secondary N) is 3. The summed E-state index contributed by atoms with van der Waals surface area (Å²) < 4.78 is 77.6. The fourth-order valence-corrected chi connectivity index (χ4v) is 18.3. The van der Waals surface area contributed by atoms with Gasteiger partial charge in [-0.15, -0.1) is 0 Å². The maximum Gasteiger partial charge on any atom is 0.458 e. The molecule has 0 atom stereocenters. The number of para-hydroxylation sites is 4. The van der Waals surface area contributed by atoms with Gasteiger partial charge in [-0.25, -0.2) is 0 Å². The SMILES string of the molecule is C=C1C=CN(CCCCCC(=O)NCCCCCNC(=O)CCCCC[n+]2c3cc(N(C)C)ccc3cc3ccc(N(C)C)cc32)c2ccccc21.CN(C)c1ccc2cc3ccc(N(C)C)cc3[n+](CCCCCC(=O)NCCCCCN)c2c1.CN1C(=Cc2cc[n+](CCCCCC(=O)O)c3ccccc23)Sc2ccccc21.C[n+]1csc2ccccc21.O=C(C(=O)C(F)(F)F)C(F)(F)F.[Cl-]. The van der Waals surface area contributed by atoms with Crippen molar-refractivity contribution in [3.05, 3.63) is 235 Å². The lowest BCUT2D eigenvalue weighted by Gasteiger charge is -2.27. The Bertz CT molecular complexity index is 6030. The second-order valence-corrected chi connectivity index (χ2v) is 37.3. The summed E-state index contributed by atoms with van der Waals surface area (Å²) in [4.78, 5) is 81.3. The number of hydrogen-bond acceptors (Lipinski definition) is 15. The van der Waals surface area contributed by atoms with Crippen LogP contribution in [0.2, 0.25) is 0 Å². The summed E-state index contributed by atoms with van der Waals surface area (Å²) >= 11 is 3.58. The molecule has 4 aromatic heterocycles. The van der Waals surface area contributed by atoms with E-state index in [1.165, 1.54) is 120 Å². The zero-order valence-electron chi connectivity index (χ0n) is 81.1. The monoisotopic (exact) mass is 1950 g/mol. The molecule has 0 unspecified atom stereocenters. The van der Waals surface area contributed by atoms with Gasteiger partial charge in [-0.1, -0.05) is 97.1 Å². The number of fused-ring (bicyclic) bond motifs is 8. The third-order valence-electron chi connectivity index (χ3n) is 24.1. The van der Waals surface area contributed by atoms with Crippen molar-refractivity contribution < 1.29 is 90.9 Å². The normalized spacial score (nSPS) is 12.3. The first kappa shape index (κ1) is 109. The second kappa shape index (κ2) is 54.2. The van der Waals surface area contributed by atoms with Crippen molar-refractivity contribution in [2.75, 3.05) is 126 Å². The first-order valence-electron chi connectivity index (χ1n) is 47.3. The number of carboxylic acid groups (broad SMARTS) is 1. The van der Waals surface area contributed by atoms with Crippen LogP contribution in [0.1, 0.15) is 152 Å². The predicted octanol–water partition coefficient (Wildman–Crippen LogP) is 17.5. The van der Waals surface area contributed by atoms with Crippen LogP contribution in [0, 0.1) is 0 Å². The van der Waals surface area contributed by atoms with Crippen molar-refractivity contribution in [1.82, 2.24) is 16.0 Å². The highest BCUT2D eigenvalue weighted by Crippen LogP contribution is 2.46. The molecule has 2 aliphatic rings. The van der Waals surface area contributed by atoms with Crippen LogP contribution in [0.15, 0.2) is 229 Å². The Morgan fingerprint density at radius 1 is 0.464 bits per heavy atom. The van der Waals surface area contributed by atoms with Crippen LogP contribution in [-0.2, 0) is 55.4 Å². The summed E-state index contributed by atoms with van der Waals surface area (Å²) in [5.41, 5.74) is 25.8. The summed E-state index contributed by atoms with van der Waals surface area (Å²) in [5.74, 6) is -7.09. The molecule has 3 amide bonds. The third kappa shape index (κ3) is 32.5. The quantitative estimate of drug-likeness (QED) is 0.00791. The molecule has 6 heterocycles. The minimum absolute atomic E-state index is 0. The van der Waals surface area contributed by atoms with Gasteiger partial charge in [-0.05, 0) is 204 Å². The van der Waals surface area contributed by atoms with E-state index in [4.69, 9.17) is 10.8 Å². The van der Waals surface area contributed by atoms with E-state index < -0.39 is 29.9 Å². The fraction of sp³-hybridized carbons (Fsp3) is 0.389. The molecule has 0 spiro atoms. The summed E-state index contributed by atoms with van der Waals surface area (Å²) in [6, 6.07) is 67.3. The van der Waals surface area contributed by atoms with Gasteiger partial charge in [-0.3, -0.25) is 28.8 Å². The molecule has 0 fully saturated rings. The van der Waals surface area contributed by atoms with Gasteiger partial charge in [0.15, 0.2) is 6.20 Å². The molecule has 21 nitrogen and oxygen atoms in total. The molecule has 138 heavy (non-hydrogen) atoms. The number of Topliss-reactive ketones (excluding diaryl/α,β-unsaturated/α-hetero) is 2. The van der Waals surface area contributed by atoms with E-state index in [1.807, 2.05) is 0 Å². The molecule has 8 aromatic carbocycles. The van der Waals surface area contributed by atoms with Gasteiger partial charge >= 0.3 is 29.9 Å². The van der Waals surface area contributed by atoms with Crippen molar-refractivity contribution in [3.8, 4) is 0 Å². The number of nitrogens with zero attached hydrogens (tertiary/aromatic N) is 10. The number of aliphatic carboxylic acids is 1. The molecule has 0 radical (unpaired) electrons. The number of carbonyl (C=O) groups excluding carboxylic acids is 5. The largest absolute Gasteiger partial charge is 1.00 e. The van der Waals surface area contributed by atoms with E-state index in [9.17, 15) is 55.1 Å². The number of thioether (sulfide) groups is 1. The average molecular weight is 1950 g/mol. The van der Waals surface area contributed by atoms with Crippen molar-refractivity contribution in [2.24, 2.45) is 12.8 Å². The number of benzene rings is 8. The summed E-state index contributed by atoms with van der Waals surface area (Å²) in [6.45, 7) is 10.7. The zero-order chi connectivity index (χ0) is 98.7. The minimum Gasteiger partial charge on any atom is -1.00 e. The number of aromatic nitrogens is 4. The van der Waals surface area contributed by atoms with Crippen molar-refractivity contribution in [2.45, 2.75) is 178 Å². The zero-order valence-corrected chi connectivity index (χ0v) is 83.5. The highest BCUT2D eigenvalue weighted by atomic mass is 35.5. The number of aryl methyl sites for hydroxylation is 4.